The highest BCUT2D eigenvalue weighted by molar-refractivity contribution is 7.99. The van der Waals surface area contributed by atoms with E-state index in [-0.39, 0.29) is 17.1 Å². The van der Waals surface area contributed by atoms with Crippen LogP contribution in [0, 0.1) is 11.3 Å². The lowest BCUT2D eigenvalue weighted by molar-refractivity contribution is 0.102. The first-order valence-corrected chi connectivity index (χ1v) is 13.7. The second-order valence-corrected chi connectivity index (χ2v) is 10.6. The van der Waals surface area contributed by atoms with E-state index < -0.39 is 0 Å². The minimum Gasteiger partial charge on any atom is -0.346 e. The summed E-state index contributed by atoms with van der Waals surface area (Å²) in [7, 11) is 0. The molecule has 0 aliphatic rings. The molecular weight excluding hydrogens is 482 g/mol. The topological polar surface area (TPSA) is 83.9 Å². The number of para-hydroxylation sites is 2. The number of nitrogens with zero attached hydrogens (tertiary/aromatic N) is 5. The standard InChI is InChI=1S/C29H33N5O2S/c1-20(2)33(21(3)4)16-17-34-28(36)23-11-5-7-12-25(23)31-29(34)37-19-27(35)24-18-32(15-9-14-30)26-13-8-6-10-22(24)26/h5-8,10-13,18,20-21H,9,15-17,19H2,1-4H3. The van der Waals surface area contributed by atoms with Crippen molar-refractivity contribution in [2.24, 2.45) is 0 Å². The van der Waals surface area contributed by atoms with Crippen LogP contribution in [0.2, 0.25) is 0 Å². The molecule has 7 nitrogen and oxygen atoms in total. The van der Waals surface area contributed by atoms with Crippen molar-refractivity contribution in [3.05, 3.63) is 70.6 Å². The third-order valence-electron chi connectivity index (χ3n) is 6.62. The van der Waals surface area contributed by atoms with Crippen LogP contribution in [0.5, 0.6) is 0 Å². The van der Waals surface area contributed by atoms with Crippen molar-refractivity contribution in [2.45, 2.75) is 64.4 Å². The van der Waals surface area contributed by atoms with Crippen molar-refractivity contribution in [1.29, 1.82) is 5.26 Å². The Bertz CT molecular complexity index is 1500. The first-order chi connectivity index (χ1) is 17.8. The highest BCUT2D eigenvalue weighted by atomic mass is 32.2. The van der Waals surface area contributed by atoms with Gasteiger partial charge in [-0.2, -0.15) is 5.26 Å². The molecule has 192 valence electrons. The number of benzene rings is 2. The molecule has 8 heteroatoms. The molecule has 0 aliphatic heterocycles. The van der Waals surface area contributed by atoms with Crippen LogP contribution in [0.3, 0.4) is 0 Å². The number of hydrogen-bond donors (Lipinski definition) is 0. The molecule has 0 saturated heterocycles. The van der Waals surface area contributed by atoms with Gasteiger partial charge in [0.1, 0.15) is 0 Å². The molecule has 0 spiro atoms. The Morgan fingerprint density at radius 2 is 1.70 bits per heavy atom. The molecule has 4 aromatic rings. The molecule has 0 atom stereocenters. The number of aromatic nitrogens is 3. The molecule has 2 heterocycles. The van der Waals surface area contributed by atoms with Crippen molar-refractivity contribution < 1.29 is 4.79 Å². The van der Waals surface area contributed by atoms with Gasteiger partial charge in [0.15, 0.2) is 10.9 Å². The maximum absolute atomic E-state index is 13.5. The fourth-order valence-electron chi connectivity index (χ4n) is 4.82. The zero-order valence-corrected chi connectivity index (χ0v) is 22.7. The van der Waals surface area contributed by atoms with Crippen LogP contribution in [0.25, 0.3) is 21.8 Å². The molecule has 4 rings (SSSR count). The summed E-state index contributed by atoms with van der Waals surface area (Å²) in [6.07, 6.45) is 2.22. The number of rotatable bonds is 11. The average molecular weight is 516 g/mol. The molecule has 0 amide bonds. The van der Waals surface area contributed by atoms with E-state index in [1.807, 2.05) is 53.2 Å². The maximum atomic E-state index is 13.5. The molecule has 0 aliphatic carbocycles. The highest BCUT2D eigenvalue weighted by Gasteiger charge is 2.19. The number of ketones is 1. The van der Waals surface area contributed by atoms with Crippen LogP contribution in [-0.4, -0.2) is 49.2 Å². The van der Waals surface area contributed by atoms with E-state index in [0.717, 1.165) is 10.9 Å². The Morgan fingerprint density at radius 1 is 1.03 bits per heavy atom. The summed E-state index contributed by atoms with van der Waals surface area (Å²) in [6.45, 7) is 10.4. The summed E-state index contributed by atoms with van der Waals surface area (Å²) >= 11 is 1.31. The Kier molecular flexibility index (Phi) is 8.47. The Hall–Kier alpha value is -3.41. The number of aryl methyl sites for hydroxylation is 1. The number of carbonyl (C=O) groups is 1. The molecule has 0 fully saturated rings. The quantitative estimate of drug-likeness (QED) is 0.152. The summed E-state index contributed by atoms with van der Waals surface area (Å²) in [5.41, 5.74) is 2.12. The van der Waals surface area contributed by atoms with Gasteiger partial charge >= 0.3 is 0 Å². The van der Waals surface area contributed by atoms with Crippen LogP contribution < -0.4 is 5.56 Å². The number of hydrogen-bond acceptors (Lipinski definition) is 6. The van der Waals surface area contributed by atoms with Crippen molar-refractivity contribution >= 4 is 39.4 Å². The highest BCUT2D eigenvalue weighted by Crippen LogP contribution is 2.25. The Balaban J connectivity index is 1.64. The summed E-state index contributed by atoms with van der Waals surface area (Å²) in [6, 6.07) is 18.0. The smallest absolute Gasteiger partial charge is 0.262 e. The fourth-order valence-corrected chi connectivity index (χ4v) is 5.72. The molecule has 0 radical (unpaired) electrons. The van der Waals surface area contributed by atoms with E-state index in [0.29, 0.717) is 59.8 Å². The Labute approximate surface area is 221 Å². The van der Waals surface area contributed by atoms with E-state index in [1.54, 1.807) is 10.6 Å². The first-order valence-electron chi connectivity index (χ1n) is 12.7. The van der Waals surface area contributed by atoms with Crippen LogP contribution in [-0.2, 0) is 13.1 Å². The first kappa shape index (κ1) is 26.6. The molecule has 2 aromatic heterocycles. The monoisotopic (exact) mass is 515 g/mol. The fraction of sp³-hybridized carbons (Fsp3) is 0.379. The van der Waals surface area contributed by atoms with Gasteiger partial charge in [-0.1, -0.05) is 42.1 Å². The van der Waals surface area contributed by atoms with Gasteiger partial charge < -0.3 is 4.57 Å². The Morgan fingerprint density at radius 3 is 2.41 bits per heavy atom. The zero-order chi connectivity index (χ0) is 26.5. The normalized spacial score (nSPS) is 11.7. The van der Waals surface area contributed by atoms with Crippen LogP contribution in [0.1, 0.15) is 44.5 Å². The SMILES string of the molecule is CC(C)N(CCn1c(SCC(=O)c2cn(CCC#N)c3ccccc23)nc2ccccc2c1=O)C(C)C. The minimum absolute atomic E-state index is 0.0307. The van der Waals surface area contributed by atoms with Gasteiger partial charge in [0.05, 0.1) is 29.1 Å². The molecule has 0 unspecified atom stereocenters. The molecular formula is C29H33N5O2S. The van der Waals surface area contributed by atoms with Gasteiger partial charge in [0, 0.05) is 54.4 Å². The number of thioether (sulfide) groups is 1. The second-order valence-electron chi connectivity index (χ2n) is 9.67. The van der Waals surface area contributed by atoms with Crippen LogP contribution >= 0.6 is 11.8 Å². The molecule has 0 N–H and O–H groups in total. The summed E-state index contributed by atoms with van der Waals surface area (Å²) < 4.78 is 3.68. The number of carbonyl (C=O) groups excluding carboxylic acids is 1. The third-order valence-corrected chi connectivity index (χ3v) is 7.60. The summed E-state index contributed by atoms with van der Waals surface area (Å²) in [5, 5.41) is 11.0. The molecule has 0 bridgehead atoms. The molecule has 2 aromatic carbocycles. The van der Waals surface area contributed by atoms with Crippen molar-refractivity contribution in [2.75, 3.05) is 12.3 Å². The van der Waals surface area contributed by atoms with E-state index in [9.17, 15) is 9.59 Å². The lowest BCUT2D eigenvalue weighted by Crippen LogP contribution is -2.40. The van der Waals surface area contributed by atoms with Gasteiger partial charge in [-0.15, -0.1) is 0 Å². The number of fused-ring (bicyclic) bond motifs is 2. The second kappa shape index (κ2) is 11.8. The van der Waals surface area contributed by atoms with E-state index >= 15 is 0 Å². The minimum atomic E-state index is -0.0823. The predicted molar refractivity (Wildman–Crippen MR) is 150 cm³/mol. The molecule has 0 saturated carbocycles. The summed E-state index contributed by atoms with van der Waals surface area (Å²) in [4.78, 5) is 34.0. The van der Waals surface area contributed by atoms with E-state index in [1.165, 1.54) is 11.8 Å². The third kappa shape index (κ3) is 5.79. The van der Waals surface area contributed by atoms with Crippen molar-refractivity contribution in [3.8, 4) is 6.07 Å². The lowest BCUT2D eigenvalue weighted by Gasteiger charge is -2.30. The van der Waals surface area contributed by atoms with Crippen molar-refractivity contribution in [3.63, 3.8) is 0 Å². The van der Waals surface area contributed by atoms with Gasteiger partial charge in [-0.25, -0.2) is 4.98 Å². The van der Waals surface area contributed by atoms with E-state index in [4.69, 9.17) is 10.2 Å². The zero-order valence-electron chi connectivity index (χ0n) is 21.8. The molecule has 37 heavy (non-hydrogen) atoms. The lowest BCUT2D eigenvalue weighted by atomic mass is 10.1. The van der Waals surface area contributed by atoms with Crippen molar-refractivity contribution in [1.82, 2.24) is 19.0 Å². The van der Waals surface area contributed by atoms with Gasteiger partial charge in [0.2, 0.25) is 0 Å². The average Bonchev–Trinajstić information content (AvgIpc) is 3.26. The number of nitriles is 1. The predicted octanol–water partition coefficient (Wildman–Crippen LogP) is 5.36. The van der Waals surface area contributed by atoms with Crippen LogP contribution in [0.15, 0.2) is 64.7 Å². The van der Waals surface area contributed by atoms with E-state index in [2.05, 4.69) is 38.7 Å². The maximum Gasteiger partial charge on any atom is 0.262 e. The van der Waals surface area contributed by atoms with Gasteiger partial charge in [-0.05, 0) is 45.9 Å². The van der Waals surface area contributed by atoms with Crippen LogP contribution in [0.4, 0.5) is 0 Å². The summed E-state index contributed by atoms with van der Waals surface area (Å²) in [5.74, 6) is 0.131. The largest absolute Gasteiger partial charge is 0.346 e. The van der Waals surface area contributed by atoms with Gasteiger partial charge in [-0.3, -0.25) is 19.1 Å². The number of Topliss-reactive ketones (excluding diaryl/α,β-unsaturated/α-hetero) is 1. The van der Waals surface area contributed by atoms with Gasteiger partial charge in [0.25, 0.3) is 5.56 Å².